The fourth-order valence-electron chi connectivity index (χ4n) is 4.19. The third-order valence-electron chi connectivity index (χ3n) is 6.34. The van der Waals surface area contributed by atoms with Crippen LogP contribution in [0.15, 0.2) is 82.4 Å². The molecule has 0 aliphatic carbocycles. The Kier molecular flexibility index (Phi) is 7.65. The minimum absolute atomic E-state index is 0.00834. The Bertz CT molecular complexity index is 1510. The van der Waals surface area contributed by atoms with E-state index in [-0.39, 0.29) is 11.4 Å². The second-order valence-electron chi connectivity index (χ2n) is 9.75. The van der Waals surface area contributed by atoms with E-state index in [1.54, 1.807) is 6.08 Å². The molecule has 2 aliphatic heterocycles. The topological polar surface area (TPSA) is 87.3 Å². The first-order valence-electron chi connectivity index (χ1n) is 12.8. The van der Waals surface area contributed by atoms with Gasteiger partial charge in [0.05, 0.1) is 5.57 Å². The lowest BCUT2D eigenvalue weighted by Gasteiger charge is -2.20. The smallest absolute Gasteiger partial charge is 0.283 e. The minimum atomic E-state index is -0.450. The summed E-state index contributed by atoms with van der Waals surface area (Å²) < 4.78 is 11.9. The van der Waals surface area contributed by atoms with Gasteiger partial charge in [0.1, 0.15) is 29.8 Å². The Morgan fingerprint density at radius 1 is 0.949 bits per heavy atom. The Morgan fingerprint density at radius 3 is 2.36 bits per heavy atom. The van der Waals surface area contributed by atoms with Gasteiger partial charge in [-0.3, -0.25) is 10.2 Å². The van der Waals surface area contributed by atoms with Crippen LogP contribution in [0.4, 0.5) is 0 Å². The van der Waals surface area contributed by atoms with Gasteiger partial charge in [-0.2, -0.15) is 15.1 Å². The van der Waals surface area contributed by atoms with Crippen molar-refractivity contribution in [2.75, 3.05) is 13.2 Å². The van der Waals surface area contributed by atoms with E-state index in [2.05, 4.69) is 49.1 Å². The van der Waals surface area contributed by atoms with Gasteiger partial charge >= 0.3 is 0 Å². The van der Waals surface area contributed by atoms with Crippen LogP contribution < -0.4 is 9.47 Å². The van der Waals surface area contributed by atoms with Crippen LogP contribution >= 0.6 is 11.8 Å². The van der Waals surface area contributed by atoms with Gasteiger partial charge in [0.2, 0.25) is 5.17 Å². The molecule has 198 valence electrons. The molecule has 39 heavy (non-hydrogen) atoms. The molecule has 0 bridgehead atoms. The van der Waals surface area contributed by atoms with Gasteiger partial charge in [-0.05, 0) is 72.5 Å². The number of nitrogens with zero attached hydrogens (tertiary/aromatic N) is 3. The molecule has 2 heterocycles. The summed E-state index contributed by atoms with van der Waals surface area (Å²) in [4.78, 5) is 16.9. The SMILES string of the molecule is Cc1ccc(C2=NN3C(=N)/C(=C/c4ccc(OCCOc5cc(C)ccc5C(C)C)cc4)C(=O)N=C3S2)cc1. The molecule has 1 N–H and O–H groups in total. The highest BCUT2D eigenvalue weighted by Gasteiger charge is 2.36. The largest absolute Gasteiger partial charge is 0.490 e. The van der Waals surface area contributed by atoms with E-state index in [9.17, 15) is 4.79 Å². The monoisotopic (exact) mass is 538 g/mol. The Labute approximate surface area is 232 Å². The van der Waals surface area contributed by atoms with Crippen LogP contribution in [0.2, 0.25) is 0 Å². The molecule has 0 spiro atoms. The molecule has 0 saturated heterocycles. The number of amidine groups is 2. The number of hydrazone groups is 1. The fourth-order valence-corrected chi connectivity index (χ4v) is 5.08. The molecule has 7 nitrogen and oxygen atoms in total. The number of thioether (sulfide) groups is 1. The zero-order valence-corrected chi connectivity index (χ0v) is 23.2. The van der Waals surface area contributed by atoms with Crippen LogP contribution in [0, 0.1) is 19.3 Å². The first-order valence-corrected chi connectivity index (χ1v) is 13.6. The number of aliphatic imine (C=N–C) groups is 1. The molecule has 0 aromatic heterocycles. The Balaban J connectivity index is 1.21. The number of rotatable bonds is 8. The van der Waals surface area contributed by atoms with E-state index in [1.807, 2.05) is 55.5 Å². The summed E-state index contributed by atoms with van der Waals surface area (Å²) in [5, 5.41) is 15.7. The summed E-state index contributed by atoms with van der Waals surface area (Å²) >= 11 is 1.29. The van der Waals surface area contributed by atoms with Gasteiger partial charge in [-0.15, -0.1) is 0 Å². The Hall–Kier alpha value is -4.17. The van der Waals surface area contributed by atoms with E-state index in [1.165, 1.54) is 22.3 Å². The van der Waals surface area contributed by atoms with Crippen molar-refractivity contribution >= 4 is 39.8 Å². The van der Waals surface area contributed by atoms with Crippen molar-refractivity contribution < 1.29 is 14.3 Å². The molecule has 0 unspecified atom stereocenters. The van der Waals surface area contributed by atoms with Crippen molar-refractivity contribution in [2.24, 2.45) is 10.1 Å². The van der Waals surface area contributed by atoms with Crippen molar-refractivity contribution in [3.63, 3.8) is 0 Å². The van der Waals surface area contributed by atoms with Crippen LogP contribution in [0.5, 0.6) is 11.5 Å². The number of fused-ring (bicyclic) bond motifs is 1. The van der Waals surface area contributed by atoms with Crippen molar-refractivity contribution in [2.45, 2.75) is 33.6 Å². The van der Waals surface area contributed by atoms with Gasteiger partial charge in [-0.1, -0.05) is 67.9 Å². The normalized spacial score (nSPS) is 15.9. The lowest BCUT2D eigenvalue weighted by molar-refractivity contribution is -0.114. The van der Waals surface area contributed by atoms with Crippen LogP contribution in [-0.2, 0) is 4.79 Å². The number of ether oxygens (including phenoxy) is 2. The van der Waals surface area contributed by atoms with Crippen LogP contribution in [0.3, 0.4) is 0 Å². The van der Waals surface area contributed by atoms with Crippen LogP contribution in [0.25, 0.3) is 6.08 Å². The summed E-state index contributed by atoms with van der Waals surface area (Å²) in [6.45, 7) is 9.21. The predicted molar refractivity (Wildman–Crippen MR) is 158 cm³/mol. The van der Waals surface area contributed by atoms with E-state index in [0.29, 0.717) is 35.1 Å². The number of amides is 1. The molecule has 0 atom stereocenters. The van der Waals surface area contributed by atoms with Gasteiger partial charge in [0.25, 0.3) is 5.91 Å². The van der Waals surface area contributed by atoms with E-state index in [4.69, 9.17) is 14.9 Å². The van der Waals surface area contributed by atoms with Crippen molar-refractivity contribution in [3.05, 3.63) is 100 Å². The second kappa shape index (κ2) is 11.3. The molecule has 3 aromatic carbocycles. The highest BCUT2D eigenvalue weighted by molar-refractivity contribution is 8.27. The molecule has 3 aromatic rings. The van der Waals surface area contributed by atoms with Crippen LogP contribution in [-0.4, -0.2) is 40.2 Å². The van der Waals surface area contributed by atoms with E-state index >= 15 is 0 Å². The predicted octanol–water partition coefficient (Wildman–Crippen LogP) is 6.55. The summed E-state index contributed by atoms with van der Waals surface area (Å²) in [5.41, 5.74) is 5.37. The second-order valence-corrected chi connectivity index (χ2v) is 10.7. The zero-order valence-electron chi connectivity index (χ0n) is 22.4. The molecule has 0 saturated carbocycles. The zero-order chi connectivity index (χ0) is 27.5. The van der Waals surface area contributed by atoms with Gasteiger partial charge in [-0.25, -0.2) is 0 Å². The highest BCUT2D eigenvalue weighted by Crippen LogP contribution is 2.31. The van der Waals surface area contributed by atoms with Gasteiger partial charge < -0.3 is 9.47 Å². The number of carbonyl (C=O) groups is 1. The standard InChI is InChI=1S/C31H30N4O3S/c1-19(2)25-14-7-21(4)17-27(25)38-16-15-37-24-12-8-22(9-13-24)18-26-28(32)35-31(33-29(26)36)39-30(34-35)23-10-5-20(3)6-11-23/h5-14,17-19,32H,15-16H2,1-4H3/b26-18-,32-28?. The molecule has 0 radical (unpaired) electrons. The lowest BCUT2D eigenvalue weighted by atomic mass is 10.0. The maximum Gasteiger partial charge on any atom is 0.283 e. The summed E-state index contributed by atoms with van der Waals surface area (Å²) in [7, 11) is 0. The number of hydrogen-bond donors (Lipinski definition) is 1. The quantitative estimate of drug-likeness (QED) is 0.260. The molecular formula is C31H30N4O3S. The molecule has 0 fully saturated rings. The minimum Gasteiger partial charge on any atom is -0.490 e. The number of hydrogen-bond acceptors (Lipinski definition) is 6. The third kappa shape index (κ3) is 5.96. The number of aryl methyl sites for hydroxylation is 2. The maximum atomic E-state index is 12.8. The highest BCUT2D eigenvalue weighted by atomic mass is 32.2. The first-order chi connectivity index (χ1) is 18.8. The van der Waals surface area contributed by atoms with Gasteiger partial charge in [0, 0.05) is 5.56 Å². The van der Waals surface area contributed by atoms with E-state index in [0.717, 1.165) is 28.0 Å². The summed E-state index contributed by atoms with van der Waals surface area (Å²) in [6.07, 6.45) is 1.66. The van der Waals surface area contributed by atoms with Crippen molar-refractivity contribution in [1.29, 1.82) is 5.41 Å². The molecule has 1 amide bonds. The average molecular weight is 539 g/mol. The number of nitrogens with one attached hydrogen (secondary N) is 1. The number of carbonyl (C=O) groups excluding carboxylic acids is 1. The Morgan fingerprint density at radius 2 is 1.64 bits per heavy atom. The van der Waals surface area contributed by atoms with Crippen molar-refractivity contribution in [1.82, 2.24) is 5.01 Å². The van der Waals surface area contributed by atoms with Crippen LogP contribution in [0.1, 0.15) is 47.6 Å². The number of benzene rings is 3. The van der Waals surface area contributed by atoms with Gasteiger partial charge in [0.15, 0.2) is 5.84 Å². The molecular weight excluding hydrogens is 508 g/mol. The fraction of sp³-hybridized carbons (Fsp3) is 0.226. The third-order valence-corrected chi connectivity index (χ3v) is 7.30. The summed E-state index contributed by atoms with van der Waals surface area (Å²) in [5.74, 6) is 1.53. The molecule has 5 rings (SSSR count). The average Bonchev–Trinajstić information content (AvgIpc) is 3.34. The maximum absolute atomic E-state index is 12.8. The first kappa shape index (κ1) is 26.4. The lowest BCUT2D eigenvalue weighted by Crippen LogP contribution is -2.35. The molecule has 2 aliphatic rings. The van der Waals surface area contributed by atoms with Crippen molar-refractivity contribution in [3.8, 4) is 11.5 Å². The van der Waals surface area contributed by atoms with E-state index < -0.39 is 5.91 Å². The summed E-state index contributed by atoms with van der Waals surface area (Å²) in [6, 6.07) is 21.6. The molecule has 8 heteroatoms.